The first-order valence-corrected chi connectivity index (χ1v) is 11.0. The van der Waals surface area contributed by atoms with Crippen LogP contribution in [0.15, 0.2) is 47.8 Å². The van der Waals surface area contributed by atoms with Gasteiger partial charge in [-0.05, 0) is 42.9 Å². The Hall–Kier alpha value is -2.18. The van der Waals surface area contributed by atoms with Crippen LogP contribution in [0, 0.1) is 5.92 Å². The molecule has 0 saturated carbocycles. The number of nitrogens with one attached hydrogen (secondary N) is 1. The summed E-state index contributed by atoms with van der Waals surface area (Å²) in [5, 5.41) is 5.24. The highest BCUT2D eigenvalue weighted by atomic mass is 32.1. The highest BCUT2D eigenvalue weighted by Crippen LogP contribution is 2.28. The second-order valence-electron chi connectivity index (χ2n) is 7.68. The van der Waals surface area contributed by atoms with Crippen molar-refractivity contribution in [2.24, 2.45) is 5.92 Å². The molecule has 6 heteroatoms. The van der Waals surface area contributed by atoms with Crippen LogP contribution in [0.2, 0.25) is 0 Å². The van der Waals surface area contributed by atoms with E-state index in [2.05, 4.69) is 27.7 Å². The topological polar surface area (TPSA) is 52.7 Å². The van der Waals surface area contributed by atoms with Crippen LogP contribution in [0.25, 0.3) is 0 Å². The molecule has 2 aromatic rings. The zero-order chi connectivity index (χ0) is 19.3. The Labute approximate surface area is 170 Å². The maximum atomic E-state index is 12.8. The van der Waals surface area contributed by atoms with Crippen molar-refractivity contribution in [3.63, 3.8) is 0 Å². The molecule has 2 unspecified atom stereocenters. The molecule has 4 rings (SSSR count). The number of carbonyl (C=O) groups excluding carboxylic acids is 2. The van der Waals surface area contributed by atoms with Gasteiger partial charge < -0.3 is 10.2 Å². The molecule has 5 nitrogen and oxygen atoms in total. The van der Waals surface area contributed by atoms with E-state index in [1.807, 2.05) is 30.3 Å². The van der Waals surface area contributed by atoms with Gasteiger partial charge in [0.1, 0.15) is 0 Å². The van der Waals surface area contributed by atoms with Gasteiger partial charge in [-0.25, -0.2) is 0 Å². The Balaban J connectivity index is 1.33. The molecule has 0 spiro atoms. The van der Waals surface area contributed by atoms with Crippen LogP contribution in [0.3, 0.4) is 0 Å². The lowest BCUT2D eigenvalue weighted by Gasteiger charge is -2.27. The maximum Gasteiger partial charge on any atom is 0.225 e. The molecule has 2 aliphatic rings. The molecule has 2 amide bonds. The average molecular weight is 398 g/mol. The van der Waals surface area contributed by atoms with Crippen molar-refractivity contribution in [1.29, 1.82) is 0 Å². The summed E-state index contributed by atoms with van der Waals surface area (Å²) >= 11 is 1.75. The molecule has 1 N–H and O–H groups in total. The Morgan fingerprint density at radius 2 is 1.93 bits per heavy atom. The van der Waals surface area contributed by atoms with Crippen LogP contribution >= 0.6 is 11.3 Å². The van der Waals surface area contributed by atoms with Crippen molar-refractivity contribution < 1.29 is 9.59 Å². The molecule has 0 bridgehead atoms. The van der Waals surface area contributed by atoms with E-state index < -0.39 is 0 Å². The Morgan fingerprint density at radius 1 is 1.14 bits per heavy atom. The third-order valence-corrected chi connectivity index (χ3v) is 6.70. The predicted molar refractivity (Wildman–Crippen MR) is 111 cm³/mol. The summed E-state index contributed by atoms with van der Waals surface area (Å²) in [4.78, 5) is 30.7. The molecule has 28 heavy (non-hydrogen) atoms. The number of carbonyl (C=O) groups is 2. The largest absolute Gasteiger partial charge is 0.354 e. The third-order valence-electron chi connectivity index (χ3n) is 5.72. The fourth-order valence-electron chi connectivity index (χ4n) is 4.19. The SMILES string of the molecule is O=C(NCC(c1cccs1)N1CCCC1)C1CC(=O)N(Cc2ccccc2)C1. The number of hydrogen-bond donors (Lipinski definition) is 1. The van der Waals surface area contributed by atoms with Gasteiger partial charge >= 0.3 is 0 Å². The van der Waals surface area contributed by atoms with Gasteiger partial charge in [0.05, 0.1) is 12.0 Å². The van der Waals surface area contributed by atoms with E-state index in [0.29, 0.717) is 26.1 Å². The number of amides is 2. The molecule has 2 atom stereocenters. The normalized spacial score (nSPS) is 21.2. The molecule has 0 aliphatic carbocycles. The minimum atomic E-state index is -0.251. The molecular weight excluding hydrogens is 370 g/mol. The van der Waals surface area contributed by atoms with Gasteiger partial charge in [-0.2, -0.15) is 0 Å². The van der Waals surface area contributed by atoms with Crippen LogP contribution in [-0.2, 0) is 16.1 Å². The van der Waals surface area contributed by atoms with Crippen molar-refractivity contribution in [1.82, 2.24) is 15.1 Å². The summed E-state index contributed by atoms with van der Waals surface area (Å²) in [6, 6.07) is 14.4. The summed E-state index contributed by atoms with van der Waals surface area (Å²) in [6.45, 7) is 3.88. The van der Waals surface area contributed by atoms with Crippen molar-refractivity contribution in [3.8, 4) is 0 Å². The predicted octanol–water partition coefficient (Wildman–Crippen LogP) is 3.05. The van der Waals surface area contributed by atoms with E-state index in [1.165, 1.54) is 17.7 Å². The monoisotopic (exact) mass is 397 g/mol. The number of nitrogens with zero attached hydrogens (tertiary/aromatic N) is 2. The van der Waals surface area contributed by atoms with E-state index in [0.717, 1.165) is 18.7 Å². The van der Waals surface area contributed by atoms with E-state index in [1.54, 1.807) is 16.2 Å². The zero-order valence-corrected chi connectivity index (χ0v) is 16.9. The van der Waals surface area contributed by atoms with E-state index in [4.69, 9.17) is 0 Å². The van der Waals surface area contributed by atoms with E-state index in [-0.39, 0.29) is 23.8 Å². The van der Waals surface area contributed by atoms with Gasteiger partial charge in [0.25, 0.3) is 0 Å². The van der Waals surface area contributed by atoms with Crippen molar-refractivity contribution >= 4 is 23.2 Å². The number of likely N-dealkylation sites (tertiary alicyclic amines) is 2. The number of thiophene rings is 1. The molecule has 2 aliphatic heterocycles. The zero-order valence-electron chi connectivity index (χ0n) is 16.0. The second kappa shape index (κ2) is 8.88. The highest BCUT2D eigenvalue weighted by molar-refractivity contribution is 7.10. The summed E-state index contributed by atoms with van der Waals surface area (Å²) in [5.74, 6) is -0.179. The second-order valence-corrected chi connectivity index (χ2v) is 8.66. The molecule has 1 aromatic carbocycles. The fourth-order valence-corrected chi connectivity index (χ4v) is 5.05. The molecule has 1 aromatic heterocycles. The summed E-state index contributed by atoms with van der Waals surface area (Å²) in [6.07, 6.45) is 2.76. The Kier molecular flexibility index (Phi) is 6.07. The summed E-state index contributed by atoms with van der Waals surface area (Å²) in [5.41, 5.74) is 1.10. The lowest BCUT2D eigenvalue weighted by Crippen LogP contribution is -2.39. The standard InChI is InChI=1S/C22H27N3O2S/c26-21-13-18(16-25(21)15-17-7-2-1-3-8-17)22(27)23-14-19(20-9-6-12-28-20)24-10-4-5-11-24/h1-3,6-9,12,18-19H,4-5,10-11,13-16H2,(H,23,27). The number of rotatable bonds is 7. The van der Waals surface area contributed by atoms with Crippen LogP contribution < -0.4 is 5.32 Å². The van der Waals surface area contributed by atoms with Gasteiger partial charge in [0.15, 0.2) is 0 Å². The van der Waals surface area contributed by atoms with E-state index >= 15 is 0 Å². The van der Waals surface area contributed by atoms with Crippen LogP contribution in [0.4, 0.5) is 0 Å². The quantitative estimate of drug-likeness (QED) is 0.781. The van der Waals surface area contributed by atoms with Crippen molar-refractivity contribution in [2.45, 2.75) is 31.8 Å². The number of benzene rings is 1. The third kappa shape index (κ3) is 4.45. The first-order chi connectivity index (χ1) is 13.7. The molecule has 0 radical (unpaired) electrons. The summed E-state index contributed by atoms with van der Waals surface area (Å²) in [7, 11) is 0. The van der Waals surface area contributed by atoms with Crippen molar-refractivity contribution in [3.05, 3.63) is 58.3 Å². The average Bonchev–Trinajstić information content (AvgIpc) is 3.46. The highest BCUT2D eigenvalue weighted by Gasteiger charge is 2.35. The minimum Gasteiger partial charge on any atom is -0.354 e. The van der Waals surface area contributed by atoms with Gasteiger partial charge in [-0.1, -0.05) is 36.4 Å². The molecule has 2 fully saturated rings. The first-order valence-electron chi connectivity index (χ1n) is 10.1. The first kappa shape index (κ1) is 19.2. The molecule has 148 valence electrons. The fraction of sp³-hybridized carbons (Fsp3) is 0.455. The lowest BCUT2D eigenvalue weighted by atomic mass is 10.1. The Morgan fingerprint density at radius 3 is 2.64 bits per heavy atom. The minimum absolute atomic E-state index is 0.00432. The van der Waals surface area contributed by atoms with Gasteiger partial charge in [0, 0.05) is 30.9 Å². The van der Waals surface area contributed by atoms with Crippen molar-refractivity contribution in [2.75, 3.05) is 26.2 Å². The van der Waals surface area contributed by atoms with Crippen LogP contribution in [0.1, 0.15) is 35.7 Å². The smallest absolute Gasteiger partial charge is 0.225 e. The Bertz CT molecular complexity index is 787. The maximum absolute atomic E-state index is 12.8. The lowest BCUT2D eigenvalue weighted by molar-refractivity contribution is -0.129. The van der Waals surface area contributed by atoms with Gasteiger partial charge in [0.2, 0.25) is 11.8 Å². The molecular formula is C22H27N3O2S. The molecule has 3 heterocycles. The van der Waals surface area contributed by atoms with Crippen LogP contribution in [-0.4, -0.2) is 47.8 Å². The van der Waals surface area contributed by atoms with E-state index in [9.17, 15) is 9.59 Å². The van der Waals surface area contributed by atoms with Gasteiger partial charge in [-0.3, -0.25) is 14.5 Å². The summed E-state index contributed by atoms with van der Waals surface area (Å²) < 4.78 is 0. The van der Waals surface area contributed by atoms with Crippen LogP contribution in [0.5, 0.6) is 0 Å². The van der Waals surface area contributed by atoms with Gasteiger partial charge in [-0.15, -0.1) is 11.3 Å². The number of hydrogen-bond acceptors (Lipinski definition) is 4. The molecule has 2 saturated heterocycles.